The molecule has 1 aliphatic heterocycles. The van der Waals surface area contributed by atoms with Crippen LogP contribution in [0.3, 0.4) is 0 Å². The number of carbonyl (C=O) groups excluding carboxylic acids is 2. The normalized spacial score (nSPS) is 19.5. The number of rotatable bonds is 13. The minimum Gasteiger partial charge on any atom is -0.466 e. The van der Waals surface area contributed by atoms with Crippen molar-refractivity contribution in [2.75, 3.05) is 39.8 Å². The summed E-state index contributed by atoms with van der Waals surface area (Å²) in [5, 5.41) is 6.67. The van der Waals surface area contributed by atoms with Crippen molar-refractivity contribution >= 4 is 18.0 Å². The summed E-state index contributed by atoms with van der Waals surface area (Å²) < 4.78 is 5.51. The predicted molar refractivity (Wildman–Crippen MR) is 161 cm³/mol. The highest BCUT2D eigenvalue weighted by Crippen LogP contribution is 2.36. The standard InChI is InChI=1S/C33H46N4O3/c1-3-4-5-6-7-8-21-40-31(38)23-28-15-13-26-14-16-29(22-30(26)32(28)34)33(39)27-11-9-25(10-12-27)24-35-37-19-17-36(2)18-20-37/h9-12,14,16,22,24,28,32H,3-8,13,15,17-21,23,34H2,1-2H3. The highest BCUT2D eigenvalue weighted by Gasteiger charge is 2.29. The quantitative estimate of drug-likeness (QED) is 0.158. The van der Waals surface area contributed by atoms with Crippen LogP contribution in [0, 0.1) is 5.92 Å². The fraction of sp³-hybridized carbons (Fsp3) is 0.545. The SMILES string of the molecule is CCCCCCCCOC(=O)CC1CCc2ccc(C(=O)c3ccc(C=NN4CCN(C)CC4)cc3)cc2C1N. The lowest BCUT2D eigenvalue weighted by atomic mass is 9.77. The van der Waals surface area contributed by atoms with Crippen LogP contribution in [-0.2, 0) is 16.0 Å². The second-order valence-electron chi connectivity index (χ2n) is 11.4. The summed E-state index contributed by atoms with van der Waals surface area (Å²) in [6, 6.07) is 13.1. The first-order valence-corrected chi connectivity index (χ1v) is 15.1. The largest absolute Gasteiger partial charge is 0.466 e. The molecule has 1 heterocycles. The van der Waals surface area contributed by atoms with Gasteiger partial charge < -0.3 is 15.4 Å². The van der Waals surface area contributed by atoms with Crippen LogP contribution in [0.15, 0.2) is 47.6 Å². The molecule has 2 atom stereocenters. The first kappa shape index (κ1) is 29.9. The van der Waals surface area contributed by atoms with E-state index in [9.17, 15) is 9.59 Å². The molecule has 40 heavy (non-hydrogen) atoms. The zero-order chi connectivity index (χ0) is 28.3. The highest BCUT2D eigenvalue weighted by molar-refractivity contribution is 6.09. The number of hydrogen-bond acceptors (Lipinski definition) is 7. The molecule has 0 bridgehead atoms. The fourth-order valence-electron chi connectivity index (χ4n) is 5.57. The van der Waals surface area contributed by atoms with Crippen molar-refractivity contribution in [1.29, 1.82) is 0 Å². The van der Waals surface area contributed by atoms with E-state index in [1.165, 1.54) is 25.7 Å². The van der Waals surface area contributed by atoms with Crippen LogP contribution in [0.4, 0.5) is 0 Å². The Balaban J connectivity index is 1.30. The number of fused-ring (bicyclic) bond motifs is 1. The molecule has 0 aromatic heterocycles. The highest BCUT2D eigenvalue weighted by atomic mass is 16.5. The van der Waals surface area contributed by atoms with Crippen LogP contribution in [0.1, 0.15) is 96.9 Å². The predicted octanol–water partition coefficient (Wildman–Crippen LogP) is 5.35. The molecule has 1 fully saturated rings. The van der Waals surface area contributed by atoms with Crippen LogP contribution in [0.2, 0.25) is 0 Å². The average molecular weight is 547 g/mol. The summed E-state index contributed by atoms with van der Waals surface area (Å²) in [6.07, 6.45) is 10.9. The molecule has 7 nitrogen and oxygen atoms in total. The summed E-state index contributed by atoms with van der Waals surface area (Å²) >= 11 is 0. The number of piperazine rings is 1. The molecule has 0 amide bonds. The molecule has 4 rings (SSSR count). The molecule has 0 spiro atoms. The van der Waals surface area contributed by atoms with E-state index in [-0.39, 0.29) is 23.7 Å². The lowest BCUT2D eigenvalue weighted by Crippen LogP contribution is -2.41. The average Bonchev–Trinajstić information content (AvgIpc) is 2.97. The van der Waals surface area contributed by atoms with Gasteiger partial charge in [0, 0.05) is 43.3 Å². The summed E-state index contributed by atoms with van der Waals surface area (Å²) in [5.74, 6) is -0.173. The van der Waals surface area contributed by atoms with E-state index in [1.54, 1.807) is 0 Å². The van der Waals surface area contributed by atoms with Crippen molar-refractivity contribution in [3.63, 3.8) is 0 Å². The van der Waals surface area contributed by atoms with Crippen LogP contribution < -0.4 is 5.73 Å². The zero-order valence-electron chi connectivity index (χ0n) is 24.3. The van der Waals surface area contributed by atoms with Gasteiger partial charge in [0.15, 0.2) is 5.78 Å². The van der Waals surface area contributed by atoms with Crippen LogP contribution in [-0.4, -0.2) is 67.7 Å². The van der Waals surface area contributed by atoms with Gasteiger partial charge in [-0.05, 0) is 55.0 Å². The molecular weight excluding hydrogens is 500 g/mol. The van der Waals surface area contributed by atoms with E-state index in [4.69, 9.17) is 10.5 Å². The van der Waals surface area contributed by atoms with E-state index < -0.39 is 0 Å². The molecule has 1 saturated heterocycles. The van der Waals surface area contributed by atoms with Gasteiger partial charge in [0.1, 0.15) is 0 Å². The maximum atomic E-state index is 13.3. The number of unbranched alkanes of at least 4 members (excludes halogenated alkanes) is 5. The molecule has 2 unspecified atom stereocenters. The van der Waals surface area contributed by atoms with Crippen molar-refractivity contribution in [2.24, 2.45) is 16.8 Å². The Bertz CT molecular complexity index is 1140. The Labute approximate surface area is 239 Å². The number of nitrogens with zero attached hydrogens (tertiary/aromatic N) is 3. The summed E-state index contributed by atoms with van der Waals surface area (Å²) in [7, 11) is 2.12. The summed E-state index contributed by atoms with van der Waals surface area (Å²) in [6.45, 7) is 6.57. The van der Waals surface area contributed by atoms with Crippen molar-refractivity contribution in [3.8, 4) is 0 Å². The minimum atomic E-state index is -0.286. The summed E-state index contributed by atoms with van der Waals surface area (Å²) in [5.41, 5.74) is 11.0. The van der Waals surface area contributed by atoms with Gasteiger partial charge >= 0.3 is 5.97 Å². The van der Waals surface area contributed by atoms with E-state index in [0.717, 1.165) is 68.6 Å². The maximum Gasteiger partial charge on any atom is 0.306 e. The van der Waals surface area contributed by atoms with Crippen LogP contribution in [0.25, 0.3) is 0 Å². The Kier molecular flexibility index (Phi) is 11.3. The third-order valence-corrected chi connectivity index (χ3v) is 8.27. The molecule has 7 heteroatoms. The molecule has 2 aromatic carbocycles. The van der Waals surface area contributed by atoms with Gasteiger partial charge in [0.25, 0.3) is 0 Å². The number of ether oxygens (including phenoxy) is 1. The lowest BCUT2D eigenvalue weighted by molar-refractivity contribution is -0.145. The minimum absolute atomic E-state index is 0.0220. The Morgan fingerprint density at radius 3 is 2.42 bits per heavy atom. The van der Waals surface area contributed by atoms with Gasteiger partial charge in [-0.25, -0.2) is 0 Å². The smallest absolute Gasteiger partial charge is 0.306 e. The Morgan fingerprint density at radius 2 is 1.68 bits per heavy atom. The van der Waals surface area contributed by atoms with Crippen LogP contribution >= 0.6 is 0 Å². The number of nitrogens with two attached hydrogens (primary N) is 1. The van der Waals surface area contributed by atoms with E-state index in [2.05, 4.69) is 29.0 Å². The number of carbonyl (C=O) groups is 2. The Morgan fingerprint density at radius 1 is 0.975 bits per heavy atom. The van der Waals surface area contributed by atoms with E-state index in [1.807, 2.05) is 48.7 Å². The first-order valence-electron chi connectivity index (χ1n) is 15.1. The number of ketones is 1. The number of hydrogen-bond donors (Lipinski definition) is 1. The van der Waals surface area contributed by atoms with E-state index >= 15 is 0 Å². The molecule has 2 aromatic rings. The summed E-state index contributed by atoms with van der Waals surface area (Å²) in [4.78, 5) is 28.1. The number of benzene rings is 2. The van der Waals surface area contributed by atoms with Crippen molar-refractivity contribution < 1.29 is 14.3 Å². The van der Waals surface area contributed by atoms with Crippen molar-refractivity contribution in [2.45, 2.75) is 70.8 Å². The second-order valence-corrected chi connectivity index (χ2v) is 11.4. The zero-order valence-corrected chi connectivity index (χ0v) is 24.3. The third kappa shape index (κ3) is 8.48. The Hall–Kier alpha value is -3.03. The molecule has 2 N–H and O–H groups in total. The topological polar surface area (TPSA) is 88.2 Å². The van der Waals surface area contributed by atoms with Gasteiger partial charge in [-0.2, -0.15) is 5.10 Å². The number of aryl methyl sites for hydroxylation is 1. The lowest BCUT2D eigenvalue weighted by Gasteiger charge is -2.31. The third-order valence-electron chi connectivity index (χ3n) is 8.27. The van der Waals surface area contributed by atoms with Crippen LogP contribution in [0.5, 0.6) is 0 Å². The maximum absolute atomic E-state index is 13.3. The van der Waals surface area contributed by atoms with Gasteiger partial charge in [-0.3, -0.25) is 14.6 Å². The van der Waals surface area contributed by atoms with Gasteiger partial charge in [-0.15, -0.1) is 0 Å². The van der Waals surface area contributed by atoms with Gasteiger partial charge in [0.05, 0.1) is 19.2 Å². The number of likely N-dealkylation sites (N-methyl/N-ethyl adjacent to an activating group) is 1. The molecule has 0 saturated carbocycles. The number of esters is 1. The fourth-order valence-corrected chi connectivity index (χ4v) is 5.57. The van der Waals surface area contributed by atoms with Crippen molar-refractivity contribution in [3.05, 3.63) is 70.3 Å². The van der Waals surface area contributed by atoms with Gasteiger partial charge in [-0.1, -0.05) is 75.4 Å². The first-order chi connectivity index (χ1) is 19.4. The monoisotopic (exact) mass is 546 g/mol. The molecule has 0 radical (unpaired) electrons. The molecule has 1 aliphatic carbocycles. The van der Waals surface area contributed by atoms with Crippen molar-refractivity contribution in [1.82, 2.24) is 9.91 Å². The molecule has 2 aliphatic rings. The van der Waals surface area contributed by atoms with E-state index in [0.29, 0.717) is 24.2 Å². The second kappa shape index (κ2) is 15.1. The molecule has 216 valence electrons. The van der Waals surface area contributed by atoms with Gasteiger partial charge in [0.2, 0.25) is 0 Å². The molecular formula is C33H46N4O3. The number of hydrazone groups is 1.